The fourth-order valence-corrected chi connectivity index (χ4v) is 2.97. The van der Waals surface area contributed by atoms with Gasteiger partial charge in [0.15, 0.2) is 17.3 Å². The zero-order valence-electron chi connectivity index (χ0n) is 13.5. The summed E-state index contributed by atoms with van der Waals surface area (Å²) < 4.78 is 5.52. The Kier molecular flexibility index (Phi) is 3.74. The van der Waals surface area contributed by atoms with Gasteiger partial charge in [0.2, 0.25) is 0 Å². The number of fused-ring (bicyclic) bond motifs is 1. The number of nitrogens with zero attached hydrogens (tertiary/aromatic N) is 3. The average molecular weight is 322 g/mol. The Hall–Kier alpha value is -2.73. The number of carbonyl (C=O) groups excluding carboxylic acids is 1. The second-order valence-electron chi connectivity index (χ2n) is 5.88. The van der Waals surface area contributed by atoms with Crippen molar-refractivity contribution in [3.63, 3.8) is 0 Å². The van der Waals surface area contributed by atoms with E-state index >= 15 is 0 Å². The average Bonchev–Trinajstić information content (AvgIpc) is 3.01. The van der Waals surface area contributed by atoms with Gasteiger partial charge >= 0.3 is 0 Å². The minimum absolute atomic E-state index is 0.0373. The third-order valence-electron chi connectivity index (χ3n) is 4.21. The molecule has 3 aromatic rings. The normalized spacial score (nSPS) is 15.0. The van der Waals surface area contributed by atoms with Crippen LogP contribution in [-0.2, 0) is 0 Å². The second kappa shape index (κ2) is 6.05. The molecule has 1 aliphatic rings. The number of anilines is 1. The minimum atomic E-state index is -0.0373. The van der Waals surface area contributed by atoms with Crippen molar-refractivity contribution in [1.82, 2.24) is 15.3 Å². The first kappa shape index (κ1) is 14.8. The predicted octanol–water partition coefficient (Wildman–Crippen LogP) is 2.17. The maximum Gasteiger partial charge on any atom is 0.193 e. The number of nitrogens with one attached hydrogen (secondary N) is 1. The molecule has 4 rings (SSSR count). The predicted molar refractivity (Wildman–Crippen MR) is 91.5 cm³/mol. The molecule has 0 saturated carbocycles. The summed E-state index contributed by atoms with van der Waals surface area (Å²) in [7, 11) is 0. The van der Waals surface area contributed by atoms with Crippen LogP contribution < -0.4 is 10.2 Å². The Morgan fingerprint density at radius 2 is 1.96 bits per heavy atom. The first-order valence-corrected chi connectivity index (χ1v) is 8.04. The first-order valence-electron chi connectivity index (χ1n) is 8.04. The highest BCUT2D eigenvalue weighted by atomic mass is 16.3. The van der Waals surface area contributed by atoms with Crippen molar-refractivity contribution < 1.29 is 9.21 Å². The van der Waals surface area contributed by atoms with Crippen LogP contribution in [0.25, 0.3) is 11.1 Å². The maximum atomic E-state index is 12.8. The minimum Gasteiger partial charge on any atom is -0.441 e. The molecular formula is C18H18N4O2. The molecule has 0 radical (unpaired) electrons. The van der Waals surface area contributed by atoms with Crippen LogP contribution >= 0.6 is 0 Å². The van der Waals surface area contributed by atoms with Crippen LogP contribution in [0.15, 0.2) is 40.9 Å². The SMILES string of the molecule is Cc1nc2ccc(C(=O)c3ccnc(N4CCNCC4)c3)cc2o1. The summed E-state index contributed by atoms with van der Waals surface area (Å²) in [6.45, 7) is 5.45. The lowest BCUT2D eigenvalue weighted by Gasteiger charge is -2.28. The fraction of sp³-hybridized carbons (Fsp3) is 0.278. The van der Waals surface area contributed by atoms with Crippen molar-refractivity contribution in [2.24, 2.45) is 0 Å². The molecule has 0 amide bonds. The summed E-state index contributed by atoms with van der Waals surface area (Å²) >= 11 is 0. The van der Waals surface area contributed by atoms with Crippen LogP contribution in [0.1, 0.15) is 21.8 Å². The van der Waals surface area contributed by atoms with E-state index in [9.17, 15) is 4.79 Å². The molecule has 1 N–H and O–H groups in total. The van der Waals surface area contributed by atoms with Gasteiger partial charge in [-0.1, -0.05) is 0 Å². The second-order valence-corrected chi connectivity index (χ2v) is 5.88. The zero-order chi connectivity index (χ0) is 16.5. The fourth-order valence-electron chi connectivity index (χ4n) is 2.97. The number of aromatic nitrogens is 2. The molecule has 0 atom stereocenters. The first-order chi connectivity index (χ1) is 11.7. The van der Waals surface area contributed by atoms with E-state index < -0.39 is 0 Å². The van der Waals surface area contributed by atoms with E-state index in [1.807, 2.05) is 12.1 Å². The molecule has 6 nitrogen and oxygen atoms in total. The molecule has 3 heterocycles. The molecule has 0 unspecified atom stereocenters. The number of oxazole rings is 1. The summed E-state index contributed by atoms with van der Waals surface area (Å²) in [6.07, 6.45) is 1.70. The number of rotatable bonds is 3. The van der Waals surface area contributed by atoms with Gasteiger partial charge in [-0.05, 0) is 30.3 Å². The quantitative estimate of drug-likeness (QED) is 0.745. The maximum absolute atomic E-state index is 12.8. The molecular weight excluding hydrogens is 304 g/mol. The molecule has 0 spiro atoms. The van der Waals surface area contributed by atoms with E-state index in [1.165, 1.54) is 0 Å². The number of pyridine rings is 1. The number of ketones is 1. The number of aryl methyl sites for hydroxylation is 1. The summed E-state index contributed by atoms with van der Waals surface area (Å²) in [6, 6.07) is 8.98. The Morgan fingerprint density at radius 3 is 2.79 bits per heavy atom. The topological polar surface area (TPSA) is 71.3 Å². The van der Waals surface area contributed by atoms with E-state index in [-0.39, 0.29) is 5.78 Å². The third-order valence-corrected chi connectivity index (χ3v) is 4.21. The van der Waals surface area contributed by atoms with Gasteiger partial charge in [-0.2, -0.15) is 0 Å². The van der Waals surface area contributed by atoms with Crippen molar-refractivity contribution in [2.45, 2.75) is 6.92 Å². The van der Waals surface area contributed by atoms with Crippen molar-refractivity contribution in [2.75, 3.05) is 31.1 Å². The molecule has 1 aliphatic heterocycles. The number of hydrogen-bond acceptors (Lipinski definition) is 6. The third kappa shape index (κ3) is 2.76. The number of carbonyl (C=O) groups is 1. The molecule has 1 aromatic carbocycles. The van der Waals surface area contributed by atoms with E-state index in [0.29, 0.717) is 22.6 Å². The van der Waals surface area contributed by atoms with Gasteiger partial charge in [-0.3, -0.25) is 4.79 Å². The highest BCUT2D eigenvalue weighted by molar-refractivity contribution is 6.10. The largest absolute Gasteiger partial charge is 0.441 e. The molecule has 0 aliphatic carbocycles. The molecule has 24 heavy (non-hydrogen) atoms. The van der Waals surface area contributed by atoms with Crippen molar-refractivity contribution >= 4 is 22.7 Å². The Morgan fingerprint density at radius 1 is 1.17 bits per heavy atom. The van der Waals surface area contributed by atoms with Gasteiger partial charge in [-0.15, -0.1) is 0 Å². The van der Waals surface area contributed by atoms with Gasteiger partial charge in [0.25, 0.3) is 0 Å². The van der Waals surface area contributed by atoms with Crippen molar-refractivity contribution in [1.29, 1.82) is 0 Å². The Labute approximate surface area is 139 Å². The van der Waals surface area contributed by atoms with Crippen molar-refractivity contribution in [3.8, 4) is 0 Å². The van der Waals surface area contributed by atoms with E-state index in [2.05, 4.69) is 20.2 Å². The van der Waals surface area contributed by atoms with Crippen molar-refractivity contribution in [3.05, 3.63) is 53.5 Å². The van der Waals surface area contributed by atoms with E-state index in [4.69, 9.17) is 4.42 Å². The highest BCUT2D eigenvalue weighted by Crippen LogP contribution is 2.21. The summed E-state index contributed by atoms with van der Waals surface area (Å²) in [4.78, 5) is 23.7. The van der Waals surface area contributed by atoms with E-state index in [0.717, 1.165) is 37.5 Å². The van der Waals surface area contributed by atoms with Gasteiger partial charge < -0.3 is 14.6 Å². The van der Waals surface area contributed by atoms with Crippen LogP contribution in [0.5, 0.6) is 0 Å². The molecule has 122 valence electrons. The molecule has 6 heteroatoms. The standard InChI is InChI=1S/C18H18N4O2/c1-12-21-15-3-2-13(10-16(15)24-12)18(23)14-4-5-20-17(11-14)22-8-6-19-7-9-22/h2-5,10-11,19H,6-9H2,1H3. The number of benzene rings is 1. The summed E-state index contributed by atoms with van der Waals surface area (Å²) in [5.41, 5.74) is 2.63. The summed E-state index contributed by atoms with van der Waals surface area (Å²) in [5.74, 6) is 1.41. The lowest BCUT2D eigenvalue weighted by molar-refractivity contribution is 0.103. The lowest BCUT2D eigenvalue weighted by Crippen LogP contribution is -2.43. The smallest absolute Gasteiger partial charge is 0.193 e. The number of piperazine rings is 1. The summed E-state index contributed by atoms with van der Waals surface area (Å²) in [5, 5.41) is 3.31. The van der Waals surface area contributed by atoms with Crippen LogP contribution in [0, 0.1) is 6.92 Å². The molecule has 2 aromatic heterocycles. The van der Waals surface area contributed by atoms with Gasteiger partial charge in [0, 0.05) is 50.4 Å². The van der Waals surface area contributed by atoms with Crippen LogP contribution in [0.2, 0.25) is 0 Å². The van der Waals surface area contributed by atoms with Crippen LogP contribution in [0.4, 0.5) is 5.82 Å². The van der Waals surface area contributed by atoms with Gasteiger partial charge in [0.05, 0.1) is 0 Å². The zero-order valence-corrected chi connectivity index (χ0v) is 13.5. The molecule has 0 bridgehead atoms. The van der Waals surface area contributed by atoms with Crippen LogP contribution in [0.3, 0.4) is 0 Å². The Balaban J connectivity index is 1.65. The monoisotopic (exact) mass is 322 g/mol. The van der Waals surface area contributed by atoms with Crippen LogP contribution in [-0.4, -0.2) is 41.9 Å². The molecule has 1 saturated heterocycles. The highest BCUT2D eigenvalue weighted by Gasteiger charge is 2.16. The van der Waals surface area contributed by atoms with E-state index in [1.54, 1.807) is 31.3 Å². The van der Waals surface area contributed by atoms with Gasteiger partial charge in [0.1, 0.15) is 11.3 Å². The lowest BCUT2D eigenvalue weighted by atomic mass is 10.0. The van der Waals surface area contributed by atoms with Gasteiger partial charge in [-0.25, -0.2) is 9.97 Å². The molecule has 1 fully saturated rings. The number of hydrogen-bond donors (Lipinski definition) is 1. The Bertz CT molecular complexity index is 897.